The van der Waals surface area contributed by atoms with Gasteiger partial charge in [-0.2, -0.15) is 0 Å². The first kappa shape index (κ1) is 28.7. The fourth-order valence-electron chi connectivity index (χ4n) is 3.85. The zero-order valence-electron chi connectivity index (χ0n) is 22.0. The van der Waals surface area contributed by atoms with Crippen LogP contribution in [0.5, 0.6) is 0 Å². The normalized spacial score (nSPS) is 17.6. The highest BCUT2D eigenvalue weighted by atomic mass is 16.5. The molecular weight excluding hydrogens is 406 g/mol. The van der Waals surface area contributed by atoms with Crippen LogP contribution in [-0.4, -0.2) is 54.8 Å². The summed E-state index contributed by atoms with van der Waals surface area (Å²) in [4.78, 5) is 9.64. The van der Waals surface area contributed by atoms with Crippen LogP contribution in [0.1, 0.15) is 66.7 Å². The Balaban J connectivity index is 2.43. The molecule has 1 aliphatic rings. The van der Waals surface area contributed by atoms with Gasteiger partial charge in [0.05, 0.1) is 18.5 Å². The summed E-state index contributed by atoms with van der Waals surface area (Å²) in [7, 11) is 1.73. The monoisotopic (exact) mass is 453 g/mol. The predicted molar refractivity (Wildman–Crippen MR) is 146 cm³/mol. The number of piperazine rings is 1. The number of ether oxygens (including phenoxy) is 1. The zero-order chi connectivity index (χ0) is 24.5. The maximum atomic E-state index is 5.38. The second-order valence-corrected chi connectivity index (χ2v) is 8.81. The van der Waals surface area contributed by atoms with Crippen LogP contribution in [0.15, 0.2) is 77.3 Å². The molecule has 1 rings (SSSR count). The minimum absolute atomic E-state index is 0.608. The van der Waals surface area contributed by atoms with Crippen LogP contribution in [-0.2, 0) is 4.74 Å². The molecule has 0 spiro atoms. The van der Waals surface area contributed by atoms with Crippen LogP contribution in [0.2, 0.25) is 0 Å². The van der Waals surface area contributed by atoms with Gasteiger partial charge in [0.15, 0.2) is 0 Å². The molecule has 1 saturated heterocycles. The van der Waals surface area contributed by atoms with Crippen molar-refractivity contribution in [3.05, 3.63) is 72.3 Å². The second-order valence-electron chi connectivity index (χ2n) is 8.81. The zero-order valence-corrected chi connectivity index (χ0v) is 22.0. The molecule has 184 valence electrons. The molecule has 0 bridgehead atoms. The number of hydrogen-bond donors (Lipinski definition) is 0. The van der Waals surface area contributed by atoms with E-state index >= 15 is 0 Å². The number of unbranched alkanes of at least 4 members (excludes halogenated alkanes) is 1. The minimum Gasteiger partial charge on any atom is -0.497 e. The summed E-state index contributed by atoms with van der Waals surface area (Å²) >= 11 is 0. The average Bonchev–Trinajstić information content (AvgIpc) is 2.81. The van der Waals surface area contributed by atoms with E-state index in [4.69, 9.17) is 4.74 Å². The lowest BCUT2D eigenvalue weighted by molar-refractivity contribution is 0.134. The van der Waals surface area contributed by atoms with Gasteiger partial charge in [0.1, 0.15) is 5.76 Å². The Morgan fingerprint density at radius 2 is 1.82 bits per heavy atom. The summed E-state index contributed by atoms with van der Waals surface area (Å²) in [6.45, 7) is 19.1. The van der Waals surface area contributed by atoms with Gasteiger partial charge >= 0.3 is 0 Å². The molecule has 0 amide bonds. The van der Waals surface area contributed by atoms with Gasteiger partial charge in [0.2, 0.25) is 0 Å². The first-order valence-electron chi connectivity index (χ1n) is 12.5. The summed E-state index contributed by atoms with van der Waals surface area (Å²) < 4.78 is 5.38. The van der Waals surface area contributed by atoms with Crippen LogP contribution in [0.3, 0.4) is 0 Å². The number of allylic oxidation sites excluding steroid dienone is 9. The summed E-state index contributed by atoms with van der Waals surface area (Å²) in [6, 6.07) is 0.608. The van der Waals surface area contributed by atoms with Gasteiger partial charge in [-0.15, -0.1) is 0 Å². The maximum Gasteiger partial charge on any atom is 0.114 e. The molecule has 4 nitrogen and oxygen atoms in total. The Morgan fingerprint density at radius 1 is 1.09 bits per heavy atom. The van der Waals surface area contributed by atoms with Crippen LogP contribution < -0.4 is 0 Å². The highest BCUT2D eigenvalue weighted by Gasteiger charge is 2.21. The van der Waals surface area contributed by atoms with Crippen molar-refractivity contribution in [1.29, 1.82) is 0 Å². The van der Waals surface area contributed by atoms with Gasteiger partial charge in [-0.05, 0) is 78.0 Å². The van der Waals surface area contributed by atoms with E-state index < -0.39 is 0 Å². The van der Waals surface area contributed by atoms with Crippen molar-refractivity contribution < 1.29 is 4.74 Å². The fourth-order valence-corrected chi connectivity index (χ4v) is 3.85. The van der Waals surface area contributed by atoms with Gasteiger partial charge in [0, 0.05) is 38.4 Å². The molecule has 1 heterocycles. The molecule has 0 aromatic heterocycles. The molecule has 0 unspecified atom stereocenters. The molecule has 0 aromatic carbocycles. The smallest absolute Gasteiger partial charge is 0.114 e. The van der Waals surface area contributed by atoms with Crippen molar-refractivity contribution in [1.82, 2.24) is 9.80 Å². The molecule has 1 aliphatic heterocycles. The van der Waals surface area contributed by atoms with Crippen molar-refractivity contribution in [2.45, 2.75) is 72.8 Å². The Morgan fingerprint density at radius 3 is 2.42 bits per heavy atom. The first-order chi connectivity index (χ1) is 15.9. The minimum atomic E-state index is 0.608. The van der Waals surface area contributed by atoms with Crippen molar-refractivity contribution in [3.63, 3.8) is 0 Å². The van der Waals surface area contributed by atoms with E-state index in [-0.39, 0.29) is 0 Å². The van der Waals surface area contributed by atoms with E-state index in [1.807, 2.05) is 12.3 Å². The predicted octanol–water partition coefficient (Wildman–Crippen LogP) is 7.06. The van der Waals surface area contributed by atoms with Crippen LogP contribution in [0.25, 0.3) is 0 Å². The van der Waals surface area contributed by atoms with Crippen molar-refractivity contribution in [3.8, 4) is 0 Å². The van der Waals surface area contributed by atoms with E-state index in [0.717, 1.165) is 69.8 Å². The Kier molecular flexibility index (Phi) is 14.9. The van der Waals surface area contributed by atoms with E-state index in [0.29, 0.717) is 6.04 Å². The van der Waals surface area contributed by atoms with Crippen molar-refractivity contribution in [2.75, 3.05) is 33.3 Å². The third kappa shape index (κ3) is 11.9. The molecule has 33 heavy (non-hydrogen) atoms. The molecule has 1 fully saturated rings. The number of methoxy groups -OCH3 is 1. The second kappa shape index (κ2) is 17.2. The highest BCUT2D eigenvalue weighted by Crippen LogP contribution is 2.14. The molecule has 0 atom stereocenters. The van der Waals surface area contributed by atoms with E-state index in [1.54, 1.807) is 7.11 Å². The number of nitrogens with zero attached hydrogens (tertiary/aromatic N) is 3. The standard InChI is InChI=1S/C29H47N3O/c1-8-16-28(33-7)24-26(5)18-14-12-10-11-13-15-19-30-27(6)29(17-9-2)32-22-20-31(21-23-32)25(3)4/h9-11,15-17,19,24-25H,2,8,12-14,18,20-23H2,1,3-7H3/b11-10?,19-15?,26-24?,28-16?,29-17+,30-27?. The van der Waals surface area contributed by atoms with E-state index in [2.05, 4.69) is 92.4 Å². The summed E-state index contributed by atoms with van der Waals surface area (Å²) in [5.41, 5.74) is 3.59. The summed E-state index contributed by atoms with van der Waals surface area (Å²) in [5.74, 6) is 0.968. The number of aliphatic imine (C=N–C) groups is 1. The Hall–Kier alpha value is -2.33. The Bertz CT molecular complexity index is 745. The molecular formula is C29H47N3O. The van der Waals surface area contributed by atoms with Gasteiger partial charge in [-0.25, -0.2) is 0 Å². The molecule has 0 aromatic rings. The highest BCUT2D eigenvalue weighted by molar-refractivity contribution is 5.98. The number of rotatable bonds is 14. The molecule has 0 saturated carbocycles. The topological polar surface area (TPSA) is 28.1 Å². The van der Waals surface area contributed by atoms with Crippen LogP contribution in [0, 0.1) is 0 Å². The van der Waals surface area contributed by atoms with Gasteiger partial charge in [-0.1, -0.05) is 43.4 Å². The largest absolute Gasteiger partial charge is 0.497 e. The quantitative estimate of drug-likeness (QED) is 0.0926. The maximum absolute atomic E-state index is 5.38. The number of hydrogen-bond acceptors (Lipinski definition) is 4. The lowest BCUT2D eigenvalue weighted by Gasteiger charge is -2.39. The first-order valence-corrected chi connectivity index (χ1v) is 12.5. The molecule has 0 N–H and O–H groups in total. The van der Waals surface area contributed by atoms with Crippen LogP contribution in [0.4, 0.5) is 0 Å². The lowest BCUT2D eigenvalue weighted by atomic mass is 10.1. The summed E-state index contributed by atoms with van der Waals surface area (Å²) in [6.07, 6.45) is 22.0. The Labute approximate surface area is 203 Å². The van der Waals surface area contributed by atoms with Crippen molar-refractivity contribution in [2.24, 2.45) is 4.99 Å². The fraction of sp³-hybridized carbons (Fsp3) is 0.552. The van der Waals surface area contributed by atoms with Gasteiger partial charge in [0.25, 0.3) is 0 Å². The summed E-state index contributed by atoms with van der Waals surface area (Å²) in [5, 5.41) is 0. The third-order valence-electron chi connectivity index (χ3n) is 5.82. The van der Waals surface area contributed by atoms with Crippen LogP contribution >= 0.6 is 0 Å². The SMILES string of the molecule is C=C/C=C(\C(C)=NC=CCC=CCCCC(C)=CC(=CCC)OC)N1CCN(C(C)C)CC1. The van der Waals surface area contributed by atoms with Gasteiger partial charge in [-0.3, -0.25) is 9.89 Å². The van der Waals surface area contributed by atoms with Gasteiger partial charge < -0.3 is 9.64 Å². The average molecular weight is 454 g/mol. The van der Waals surface area contributed by atoms with E-state index in [9.17, 15) is 0 Å². The lowest BCUT2D eigenvalue weighted by Crippen LogP contribution is -2.49. The molecule has 0 aliphatic carbocycles. The molecule has 0 radical (unpaired) electrons. The van der Waals surface area contributed by atoms with E-state index in [1.165, 1.54) is 11.3 Å². The molecule has 4 heteroatoms. The third-order valence-corrected chi connectivity index (χ3v) is 5.82. The van der Waals surface area contributed by atoms with Crippen molar-refractivity contribution >= 4 is 5.71 Å².